The van der Waals surface area contributed by atoms with E-state index >= 15 is 0 Å². The Balaban J connectivity index is 2.21. The van der Waals surface area contributed by atoms with Crippen LogP contribution in [0.3, 0.4) is 0 Å². The minimum atomic E-state index is -0.240. The molecule has 1 fully saturated rings. The third kappa shape index (κ3) is 2.87. The first kappa shape index (κ1) is 12.6. The lowest BCUT2D eigenvalue weighted by Gasteiger charge is -2.31. The molecule has 0 saturated heterocycles. The largest absolute Gasteiger partial charge is 0.207 e. The standard InChI is InChI=1S/C14H15BrFN/c15-13-8-12(16)5-4-11(13)9-14(10-17)6-2-1-3-7-14/h4-5,8H,1-3,6-7,9H2. The van der Waals surface area contributed by atoms with Gasteiger partial charge in [-0.3, -0.25) is 0 Å². The predicted molar refractivity (Wildman–Crippen MR) is 68.9 cm³/mol. The lowest BCUT2D eigenvalue weighted by Crippen LogP contribution is -2.25. The molecular weight excluding hydrogens is 281 g/mol. The van der Waals surface area contributed by atoms with Crippen LogP contribution in [-0.2, 0) is 6.42 Å². The number of hydrogen-bond acceptors (Lipinski definition) is 1. The second-order valence-electron chi connectivity index (χ2n) is 4.87. The van der Waals surface area contributed by atoms with Crippen LogP contribution in [0.15, 0.2) is 22.7 Å². The molecule has 0 unspecified atom stereocenters. The number of rotatable bonds is 2. The van der Waals surface area contributed by atoms with Crippen LogP contribution >= 0.6 is 15.9 Å². The van der Waals surface area contributed by atoms with Gasteiger partial charge in [0.15, 0.2) is 0 Å². The van der Waals surface area contributed by atoms with Gasteiger partial charge in [0.25, 0.3) is 0 Å². The summed E-state index contributed by atoms with van der Waals surface area (Å²) in [7, 11) is 0. The molecule has 1 aliphatic carbocycles. The summed E-state index contributed by atoms with van der Waals surface area (Å²) in [6.07, 6.45) is 6.15. The third-order valence-corrected chi connectivity index (χ3v) is 4.33. The average molecular weight is 296 g/mol. The third-order valence-electron chi connectivity index (χ3n) is 3.59. The zero-order valence-corrected chi connectivity index (χ0v) is 11.3. The van der Waals surface area contributed by atoms with Gasteiger partial charge in [0, 0.05) is 4.47 Å². The summed E-state index contributed by atoms with van der Waals surface area (Å²) in [5.74, 6) is -0.240. The van der Waals surface area contributed by atoms with E-state index in [1.165, 1.54) is 18.6 Å². The first-order valence-corrected chi connectivity index (χ1v) is 6.80. The highest BCUT2D eigenvalue weighted by Gasteiger charge is 2.32. The summed E-state index contributed by atoms with van der Waals surface area (Å²) in [6, 6.07) is 7.22. The number of nitrogens with zero attached hydrogens (tertiary/aromatic N) is 1. The molecule has 0 amide bonds. The maximum atomic E-state index is 13.0. The van der Waals surface area contributed by atoms with E-state index in [1.54, 1.807) is 6.07 Å². The zero-order valence-electron chi connectivity index (χ0n) is 9.68. The minimum Gasteiger partial charge on any atom is -0.207 e. The monoisotopic (exact) mass is 295 g/mol. The lowest BCUT2D eigenvalue weighted by atomic mass is 9.71. The fourth-order valence-electron chi connectivity index (χ4n) is 2.59. The maximum Gasteiger partial charge on any atom is 0.124 e. The Hall–Kier alpha value is -0.880. The Kier molecular flexibility index (Phi) is 3.83. The van der Waals surface area contributed by atoms with Crippen molar-refractivity contribution >= 4 is 15.9 Å². The van der Waals surface area contributed by atoms with Gasteiger partial charge in [-0.15, -0.1) is 0 Å². The number of halogens is 2. The van der Waals surface area contributed by atoms with Crippen molar-refractivity contribution in [1.82, 2.24) is 0 Å². The highest BCUT2D eigenvalue weighted by atomic mass is 79.9. The molecule has 3 heteroatoms. The normalized spacial score (nSPS) is 18.6. The molecule has 0 aromatic heterocycles. The Morgan fingerprint density at radius 1 is 1.29 bits per heavy atom. The summed E-state index contributed by atoms with van der Waals surface area (Å²) >= 11 is 3.38. The van der Waals surface area contributed by atoms with Gasteiger partial charge in [-0.25, -0.2) is 4.39 Å². The van der Waals surface area contributed by atoms with E-state index in [1.807, 2.05) is 0 Å². The molecule has 0 bridgehead atoms. The van der Waals surface area contributed by atoms with Gasteiger partial charge in [0.1, 0.15) is 5.82 Å². The van der Waals surface area contributed by atoms with Crippen molar-refractivity contribution in [3.63, 3.8) is 0 Å². The van der Waals surface area contributed by atoms with Gasteiger partial charge in [0.05, 0.1) is 11.5 Å². The van der Waals surface area contributed by atoms with Gasteiger partial charge in [-0.05, 0) is 37.0 Å². The van der Waals surface area contributed by atoms with Crippen molar-refractivity contribution in [3.05, 3.63) is 34.1 Å². The first-order valence-electron chi connectivity index (χ1n) is 6.00. The Morgan fingerprint density at radius 3 is 2.59 bits per heavy atom. The second kappa shape index (κ2) is 5.18. The molecule has 0 N–H and O–H groups in total. The summed E-state index contributed by atoms with van der Waals surface area (Å²) in [5.41, 5.74) is 0.799. The summed E-state index contributed by atoms with van der Waals surface area (Å²) in [4.78, 5) is 0. The van der Waals surface area contributed by atoms with Crippen LogP contribution < -0.4 is 0 Å². The van der Waals surface area contributed by atoms with Crippen LogP contribution in [0.5, 0.6) is 0 Å². The number of nitriles is 1. The molecule has 1 aliphatic rings. The van der Waals surface area contributed by atoms with Gasteiger partial charge >= 0.3 is 0 Å². The van der Waals surface area contributed by atoms with Crippen molar-refractivity contribution in [3.8, 4) is 6.07 Å². The quantitative estimate of drug-likeness (QED) is 0.782. The van der Waals surface area contributed by atoms with Crippen LogP contribution in [0.4, 0.5) is 4.39 Å². The highest BCUT2D eigenvalue weighted by molar-refractivity contribution is 9.10. The van der Waals surface area contributed by atoms with Crippen molar-refractivity contribution in [1.29, 1.82) is 5.26 Å². The molecule has 1 saturated carbocycles. The zero-order chi connectivity index (χ0) is 12.3. The summed E-state index contributed by atoms with van der Waals surface area (Å²) in [5, 5.41) is 9.41. The highest BCUT2D eigenvalue weighted by Crippen LogP contribution is 2.39. The molecule has 2 rings (SSSR count). The molecule has 17 heavy (non-hydrogen) atoms. The molecule has 0 aliphatic heterocycles. The van der Waals surface area contributed by atoms with E-state index in [-0.39, 0.29) is 11.2 Å². The molecule has 1 nitrogen and oxygen atoms in total. The van der Waals surface area contributed by atoms with Gasteiger partial charge in [-0.1, -0.05) is 41.3 Å². The van der Waals surface area contributed by atoms with E-state index in [9.17, 15) is 9.65 Å². The number of hydrogen-bond donors (Lipinski definition) is 0. The maximum absolute atomic E-state index is 13.0. The van der Waals surface area contributed by atoms with Gasteiger partial charge in [0.2, 0.25) is 0 Å². The van der Waals surface area contributed by atoms with E-state index in [4.69, 9.17) is 0 Å². The molecule has 0 heterocycles. The second-order valence-corrected chi connectivity index (χ2v) is 5.72. The molecule has 0 spiro atoms. The van der Waals surface area contributed by atoms with Crippen LogP contribution in [0.1, 0.15) is 37.7 Å². The van der Waals surface area contributed by atoms with Crippen LogP contribution in [0.25, 0.3) is 0 Å². The molecule has 1 aromatic rings. The Morgan fingerprint density at radius 2 is 2.00 bits per heavy atom. The fraction of sp³-hybridized carbons (Fsp3) is 0.500. The van der Waals surface area contributed by atoms with Crippen LogP contribution in [0.2, 0.25) is 0 Å². The SMILES string of the molecule is N#CC1(Cc2ccc(F)cc2Br)CCCCC1. The molecule has 0 atom stereocenters. The van der Waals surface area contributed by atoms with Crippen molar-refractivity contribution in [2.24, 2.45) is 5.41 Å². The van der Waals surface area contributed by atoms with E-state index in [2.05, 4.69) is 22.0 Å². The first-order chi connectivity index (χ1) is 8.15. The van der Waals surface area contributed by atoms with Crippen molar-refractivity contribution < 1.29 is 4.39 Å². The average Bonchev–Trinajstić information content (AvgIpc) is 2.34. The molecule has 1 aromatic carbocycles. The number of benzene rings is 1. The van der Waals surface area contributed by atoms with Gasteiger partial charge < -0.3 is 0 Å². The molecular formula is C14H15BrFN. The van der Waals surface area contributed by atoms with E-state index in [0.717, 1.165) is 42.1 Å². The van der Waals surface area contributed by atoms with Crippen molar-refractivity contribution in [2.45, 2.75) is 38.5 Å². The predicted octanol–water partition coefficient (Wildman–Crippen LogP) is 4.60. The van der Waals surface area contributed by atoms with E-state index < -0.39 is 0 Å². The van der Waals surface area contributed by atoms with Crippen molar-refractivity contribution in [2.75, 3.05) is 0 Å². The summed E-state index contributed by atoms with van der Waals surface area (Å²) < 4.78 is 13.8. The summed E-state index contributed by atoms with van der Waals surface area (Å²) in [6.45, 7) is 0. The topological polar surface area (TPSA) is 23.8 Å². The Bertz CT molecular complexity index is 444. The molecule has 0 radical (unpaired) electrons. The lowest BCUT2D eigenvalue weighted by molar-refractivity contribution is 0.265. The van der Waals surface area contributed by atoms with Crippen LogP contribution in [-0.4, -0.2) is 0 Å². The van der Waals surface area contributed by atoms with Gasteiger partial charge in [-0.2, -0.15) is 5.26 Å². The van der Waals surface area contributed by atoms with E-state index in [0.29, 0.717) is 0 Å². The Labute approximate surface area is 110 Å². The minimum absolute atomic E-state index is 0.238. The molecule has 90 valence electrons. The van der Waals surface area contributed by atoms with Crippen LogP contribution in [0, 0.1) is 22.6 Å². The fourth-order valence-corrected chi connectivity index (χ4v) is 3.08. The smallest absolute Gasteiger partial charge is 0.124 e.